The first kappa shape index (κ1) is 15.2. The van der Waals surface area contributed by atoms with Gasteiger partial charge >= 0.3 is 0 Å². The van der Waals surface area contributed by atoms with Crippen molar-refractivity contribution in [1.29, 1.82) is 0 Å². The van der Waals surface area contributed by atoms with Gasteiger partial charge in [-0.05, 0) is 31.5 Å². The summed E-state index contributed by atoms with van der Waals surface area (Å²) >= 11 is 3.50. The number of nitrogens with zero attached hydrogens (tertiary/aromatic N) is 3. The van der Waals surface area contributed by atoms with Gasteiger partial charge in [0.05, 0.1) is 13.1 Å². The molecule has 20 heavy (non-hydrogen) atoms. The molecule has 0 aliphatic carbocycles. The molecule has 0 aliphatic rings. The summed E-state index contributed by atoms with van der Waals surface area (Å²) in [6.07, 6.45) is 0. The Morgan fingerprint density at radius 1 is 1.35 bits per heavy atom. The van der Waals surface area contributed by atoms with Gasteiger partial charge in [-0.1, -0.05) is 33.2 Å². The number of nitrogens with two attached hydrogens (primary N) is 1. The largest absolute Gasteiger partial charge is 0.338 e. The molecular formula is C14H19BrN4O. The minimum atomic E-state index is 0.278. The molecule has 0 saturated carbocycles. The normalized spacial score (nSPS) is 11.5. The third-order valence-electron chi connectivity index (χ3n) is 3.03. The summed E-state index contributed by atoms with van der Waals surface area (Å²) in [6.45, 7) is 6.07. The highest BCUT2D eigenvalue weighted by Crippen LogP contribution is 2.16. The monoisotopic (exact) mass is 338 g/mol. The summed E-state index contributed by atoms with van der Waals surface area (Å²) < 4.78 is 6.13. The van der Waals surface area contributed by atoms with Crippen molar-refractivity contribution in [3.8, 4) is 0 Å². The highest BCUT2D eigenvalue weighted by atomic mass is 79.9. The molecule has 0 aliphatic heterocycles. The minimum absolute atomic E-state index is 0.278. The standard InChI is InChI=1S/C14H19BrN4O/c1-10(2)19(8-11-4-3-5-12(15)6-11)9-13-17-14(7-16)20-18-13/h3-6,10H,7-9,16H2,1-2H3. The fourth-order valence-electron chi connectivity index (χ4n) is 1.91. The Bertz CT molecular complexity index is 556. The molecule has 2 rings (SSSR count). The second-order valence-electron chi connectivity index (χ2n) is 4.94. The quantitative estimate of drug-likeness (QED) is 0.876. The molecule has 108 valence electrons. The van der Waals surface area contributed by atoms with Crippen molar-refractivity contribution in [1.82, 2.24) is 15.0 Å². The lowest BCUT2D eigenvalue weighted by atomic mass is 10.2. The molecule has 1 aromatic heterocycles. The third kappa shape index (κ3) is 4.13. The number of aromatic nitrogens is 2. The molecule has 6 heteroatoms. The zero-order chi connectivity index (χ0) is 14.5. The van der Waals surface area contributed by atoms with E-state index in [1.807, 2.05) is 12.1 Å². The summed E-state index contributed by atoms with van der Waals surface area (Å²) in [5.41, 5.74) is 6.72. The maximum atomic E-state index is 5.48. The smallest absolute Gasteiger partial charge is 0.240 e. The van der Waals surface area contributed by atoms with Gasteiger partial charge in [-0.25, -0.2) is 0 Å². The van der Waals surface area contributed by atoms with Gasteiger partial charge < -0.3 is 10.3 Å². The van der Waals surface area contributed by atoms with Crippen LogP contribution in [0.1, 0.15) is 31.1 Å². The van der Waals surface area contributed by atoms with Crippen molar-refractivity contribution in [3.05, 3.63) is 46.0 Å². The van der Waals surface area contributed by atoms with E-state index in [0.29, 0.717) is 24.3 Å². The second-order valence-corrected chi connectivity index (χ2v) is 5.85. The number of hydrogen-bond donors (Lipinski definition) is 1. The van der Waals surface area contributed by atoms with E-state index >= 15 is 0 Å². The van der Waals surface area contributed by atoms with Gasteiger partial charge in [0, 0.05) is 17.1 Å². The lowest BCUT2D eigenvalue weighted by molar-refractivity contribution is 0.195. The molecular weight excluding hydrogens is 320 g/mol. The van der Waals surface area contributed by atoms with Crippen LogP contribution in [0.2, 0.25) is 0 Å². The summed E-state index contributed by atoms with van der Waals surface area (Å²) in [5, 5.41) is 3.95. The fourth-order valence-corrected chi connectivity index (χ4v) is 2.36. The lowest BCUT2D eigenvalue weighted by Gasteiger charge is -2.25. The molecule has 0 saturated heterocycles. The first-order chi connectivity index (χ1) is 9.58. The Balaban J connectivity index is 2.07. The topological polar surface area (TPSA) is 68.2 Å². The molecule has 0 bridgehead atoms. The Morgan fingerprint density at radius 3 is 2.75 bits per heavy atom. The second kappa shape index (κ2) is 6.97. The van der Waals surface area contributed by atoms with E-state index in [2.05, 4.69) is 57.0 Å². The maximum Gasteiger partial charge on any atom is 0.240 e. The van der Waals surface area contributed by atoms with Crippen LogP contribution in [-0.4, -0.2) is 21.1 Å². The Labute approximate surface area is 127 Å². The summed E-state index contributed by atoms with van der Waals surface area (Å²) in [5.74, 6) is 1.15. The van der Waals surface area contributed by atoms with E-state index in [0.717, 1.165) is 11.0 Å². The Morgan fingerprint density at radius 2 is 2.15 bits per heavy atom. The first-order valence-electron chi connectivity index (χ1n) is 6.58. The van der Waals surface area contributed by atoms with Crippen LogP contribution in [0.3, 0.4) is 0 Å². The van der Waals surface area contributed by atoms with Crippen LogP contribution in [0.25, 0.3) is 0 Å². The van der Waals surface area contributed by atoms with Crippen LogP contribution < -0.4 is 5.73 Å². The average molecular weight is 339 g/mol. The van der Waals surface area contributed by atoms with Crippen molar-refractivity contribution in [3.63, 3.8) is 0 Å². The van der Waals surface area contributed by atoms with E-state index in [1.165, 1.54) is 5.56 Å². The van der Waals surface area contributed by atoms with Crippen molar-refractivity contribution in [2.45, 2.75) is 39.5 Å². The van der Waals surface area contributed by atoms with E-state index < -0.39 is 0 Å². The summed E-state index contributed by atoms with van der Waals surface area (Å²) in [6, 6.07) is 8.68. The number of halogens is 1. The molecule has 0 amide bonds. The van der Waals surface area contributed by atoms with Crippen molar-refractivity contribution in [2.24, 2.45) is 5.73 Å². The van der Waals surface area contributed by atoms with Gasteiger partial charge in [0.1, 0.15) is 0 Å². The van der Waals surface area contributed by atoms with Gasteiger partial charge in [0.2, 0.25) is 5.89 Å². The predicted octanol–water partition coefficient (Wildman–Crippen LogP) is 2.70. The van der Waals surface area contributed by atoms with Crippen molar-refractivity contribution < 1.29 is 4.52 Å². The van der Waals surface area contributed by atoms with Crippen LogP contribution in [0.4, 0.5) is 0 Å². The Hall–Kier alpha value is -1.24. The van der Waals surface area contributed by atoms with Gasteiger partial charge in [0.25, 0.3) is 0 Å². The zero-order valence-corrected chi connectivity index (χ0v) is 13.3. The maximum absolute atomic E-state index is 5.48. The van der Waals surface area contributed by atoms with Crippen molar-refractivity contribution in [2.75, 3.05) is 0 Å². The lowest BCUT2D eigenvalue weighted by Crippen LogP contribution is -2.30. The van der Waals surface area contributed by atoms with E-state index in [1.54, 1.807) is 0 Å². The first-order valence-corrected chi connectivity index (χ1v) is 7.38. The van der Waals surface area contributed by atoms with Gasteiger partial charge in [-0.3, -0.25) is 4.90 Å². The van der Waals surface area contributed by atoms with Crippen LogP contribution in [0.5, 0.6) is 0 Å². The highest BCUT2D eigenvalue weighted by molar-refractivity contribution is 9.10. The Kier molecular flexibility index (Phi) is 5.28. The molecule has 1 heterocycles. The highest BCUT2D eigenvalue weighted by Gasteiger charge is 2.14. The third-order valence-corrected chi connectivity index (χ3v) is 3.53. The fraction of sp³-hybridized carbons (Fsp3) is 0.429. The molecule has 0 unspecified atom stereocenters. The molecule has 0 fully saturated rings. The molecule has 0 atom stereocenters. The minimum Gasteiger partial charge on any atom is -0.338 e. The average Bonchev–Trinajstić information content (AvgIpc) is 2.85. The summed E-state index contributed by atoms with van der Waals surface area (Å²) in [4.78, 5) is 6.54. The van der Waals surface area contributed by atoms with Gasteiger partial charge in [0.15, 0.2) is 5.82 Å². The molecule has 0 radical (unpaired) electrons. The van der Waals surface area contributed by atoms with E-state index in [9.17, 15) is 0 Å². The van der Waals surface area contributed by atoms with Crippen LogP contribution in [-0.2, 0) is 19.6 Å². The molecule has 2 aromatic rings. The molecule has 1 aromatic carbocycles. The van der Waals surface area contributed by atoms with Crippen molar-refractivity contribution >= 4 is 15.9 Å². The van der Waals surface area contributed by atoms with Crippen LogP contribution in [0, 0.1) is 0 Å². The predicted molar refractivity (Wildman–Crippen MR) is 80.7 cm³/mol. The summed E-state index contributed by atoms with van der Waals surface area (Å²) in [7, 11) is 0. The van der Waals surface area contributed by atoms with E-state index in [-0.39, 0.29) is 6.54 Å². The SMILES string of the molecule is CC(C)N(Cc1cccc(Br)c1)Cc1noc(CN)n1. The zero-order valence-electron chi connectivity index (χ0n) is 11.7. The number of benzene rings is 1. The van der Waals surface area contributed by atoms with Gasteiger partial charge in [-0.15, -0.1) is 0 Å². The number of rotatable bonds is 6. The van der Waals surface area contributed by atoms with Crippen LogP contribution in [0.15, 0.2) is 33.3 Å². The molecule has 0 spiro atoms. The molecule has 2 N–H and O–H groups in total. The molecule has 5 nitrogen and oxygen atoms in total. The van der Waals surface area contributed by atoms with Gasteiger partial charge in [-0.2, -0.15) is 4.98 Å². The van der Waals surface area contributed by atoms with E-state index in [4.69, 9.17) is 10.3 Å². The van der Waals surface area contributed by atoms with Crippen LogP contribution >= 0.6 is 15.9 Å². The number of hydrogen-bond acceptors (Lipinski definition) is 5.